The van der Waals surface area contributed by atoms with Gasteiger partial charge in [-0.2, -0.15) is 0 Å². The van der Waals surface area contributed by atoms with Crippen molar-refractivity contribution >= 4 is 17.7 Å². The van der Waals surface area contributed by atoms with Crippen LogP contribution in [0.15, 0.2) is 30.3 Å². The highest BCUT2D eigenvalue weighted by Crippen LogP contribution is 2.17. The summed E-state index contributed by atoms with van der Waals surface area (Å²) in [6.45, 7) is 0.574. The van der Waals surface area contributed by atoms with Crippen LogP contribution < -0.4 is 11.1 Å². The Bertz CT molecular complexity index is 463. The number of carbonyl (C=O) groups excluding carboxylic acids is 1. The Balaban J connectivity index is 2.00. The third-order valence-electron chi connectivity index (χ3n) is 3.14. The smallest absolute Gasteiger partial charge is 0.321 e. The molecule has 0 saturated carbocycles. The minimum absolute atomic E-state index is 0.196. The molecule has 0 radical (unpaired) electrons. The lowest BCUT2D eigenvalue weighted by Crippen LogP contribution is -2.52. The SMILES string of the molecule is NC1CC(C(=O)O)CN(C(=O)Nc2ccccc2)C1. The van der Waals surface area contributed by atoms with Crippen LogP contribution in [0.25, 0.3) is 0 Å². The van der Waals surface area contributed by atoms with E-state index in [1.54, 1.807) is 12.1 Å². The fraction of sp³-hybridized carbons (Fsp3) is 0.385. The van der Waals surface area contributed by atoms with E-state index in [9.17, 15) is 9.59 Å². The zero-order valence-electron chi connectivity index (χ0n) is 10.5. The fourth-order valence-electron chi connectivity index (χ4n) is 2.21. The molecule has 2 amide bonds. The monoisotopic (exact) mass is 263 g/mol. The number of aliphatic carboxylic acids is 1. The first-order valence-electron chi connectivity index (χ1n) is 6.15. The molecular weight excluding hydrogens is 246 g/mol. The molecule has 1 aliphatic heterocycles. The molecule has 0 bridgehead atoms. The molecule has 1 heterocycles. The van der Waals surface area contributed by atoms with Gasteiger partial charge in [-0.05, 0) is 18.6 Å². The van der Waals surface area contributed by atoms with E-state index in [1.807, 2.05) is 18.2 Å². The number of anilines is 1. The van der Waals surface area contributed by atoms with Gasteiger partial charge in [0.2, 0.25) is 0 Å². The first kappa shape index (κ1) is 13.4. The summed E-state index contributed by atoms with van der Waals surface area (Å²) in [6.07, 6.45) is 0.407. The third kappa shape index (κ3) is 3.45. The van der Waals surface area contributed by atoms with Gasteiger partial charge in [0.1, 0.15) is 0 Å². The molecule has 1 saturated heterocycles. The van der Waals surface area contributed by atoms with Gasteiger partial charge in [0.05, 0.1) is 5.92 Å². The molecule has 19 heavy (non-hydrogen) atoms. The van der Waals surface area contributed by atoms with Gasteiger partial charge in [-0.15, -0.1) is 0 Å². The lowest BCUT2D eigenvalue weighted by atomic mass is 9.95. The maximum atomic E-state index is 12.0. The Kier molecular flexibility index (Phi) is 4.01. The number of carboxylic acids is 1. The summed E-state index contributed by atoms with van der Waals surface area (Å²) in [5, 5.41) is 11.8. The van der Waals surface area contributed by atoms with E-state index in [4.69, 9.17) is 10.8 Å². The lowest BCUT2D eigenvalue weighted by molar-refractivity contribution is -0.143. The quantitative estimate of drug-likeness (QED) is 0.740. The van der Waals surface area contributed by atoms with Gasteiger partial charge in [0.15, 0.2) is 0 Å². The molecule has 0 aromatic heterocycles. The van der Waals surface area contributed by atoms with Crippen LogP contribution in [0.4, 0.5) is 10.5 Å². The zero-order valence-corrected chi connectivity index (χ0v) is 10.5. The predicted molar refractivity (Wildman–Crippen MR) is 70.8 cm³/mol. The Morgan fingerprint density at radius 2 is 1.95 bits per heavy atom. The van der Waals surface area contributed by atoms with Crippen molar-refractivity contribution in [2.75, 3.05) is 18.4 Å². The van der Waals surface area contributed by atoms with Crippen LogP contribution in [0.3, 0.4) is 0 Å². The molecule has 2 unspecified atom stereocenters. The number of amides is 2. The van der Waals surface area contributed by atoms with Gasteiger partial charge in [0.25, 0.3) is 0 Å². The van der Waals surface area contributed by atoms with Gasteiger partial charge >= 0.3 is 12.0 Å². The molecule has 6 heteroatoms. The van der Waals surface area contributed by atoms with E-state index in [-0.39, 0.29) is 18.6 Å². The molecule has 1 fully saturated rings. The van der Waals surface area contributed by atoms with Gasteiger partial charge < -0.3 is 21.1 Å². The van der Waals surface area contributed by atoms with Crippen molar-refractivity contribution in [3.05, 3.63) is 30.3 Å². The number of rotatable bonds is 2. The number of benzene rings is 1. The molecule has 0 spiro atoms. The zero-order chi connectivity index (χ0) is 13.8. The molecule has 1 aromatic carbocycles. The number of carbonyl (C=O) groups is 2. The highest BCUT2D eigenvalue weighted by Gasteiger charge is 2.32. The average molecular weight is 263 g/mol. The topological polar surface area (TPSA) is 95.7 Å². The molecular formula is C13H17N3O3. The van der Waals surface area contributed by atoms with E-state index in [0.29, 0.717) is 18.7 Å². The molecule has 102 valence electrons. The van der Waals surface area contributed by atoms with Crippen molar-refractivity contribution in [2.24, 2.45) is 11.7 Å². The first-order valence-corrected chi connectivity index (χ1v) is 6.15. The van der Waals surface area contributed by atoms with Crippen molar-refractivity contribution in [1.82, 2.24) is 4.90 Å². The van der Waals surface area contributed by atoms with Crippen LogP contribution in [0.5, 0.6) is 0 Å². The number of urea groups is 1. The summed E-state index contributed by atoms with van der Waals surface area (Å²) in [5.74, 6) is -1.50. The standard InChI is InChI=1S/C13H17N3O3/c14-10-6-9(12(17)18)7-16(8-10)13(19)15-11-4-2-1-3-5-11/h1-5,9-10H,6-8,14H2,(H,15,19)(H,17,18). The summed E-state index contributed by atoms with van der Waals surface area (Å²) in [4.78, 5) is 24.5. The van der Waals surface area contributed by atoms with Crippen molar-refractivity contribution in [3.8, 4) is 0 Å². The van der Waals surface area contributed by atoms with Crippen LogP contribution in [0.2, 0.25) is 0 Å². The number of hydrogen-bond acceptors (Lipinski definition) is 3. The van der Waals surface area contributed by atoms with Gasteiger partial charge in [-0.3, -0.25) is 4.79 Å². The number of hydrogen-bond donors (Lipinski definition) is 3. The number of piperidine rings is 1. The van der Waals surface area contributed by atoms with Crippen molar-refractivity contribution < 1.29 is 14.7 Å². The van der Waals surface area contributed by atoms with Crippen LogP contribution in [0, 0.1) is 5.92 Å². The van der Waals surface area contributed by atoms with Crippen LogP contribution in [0.1, 0.15) is 6.42 Å². The lowest BCUT2D eigenvalue weighted by Gasteiger charge is -2.34. The number of likely N-dealkylation sites (tertiary alicyclic amines) is 1. The van der Waals surface area contributed by atoms with E-state index in [1.165, 1.54) is 4.90 Å². The van der Waals surface area contributed by atoms with Crippen molar-refractivity contribution in [2.45, 2.75) is 12.5 Å². The fourth-order valence-corrected chi connectivity index (χ4v) is 2.21. The Labute approximate surface area is 111 Å². The molecule has 2 atom stereocenters. The molecule has 1 aliphatic rings. The van der Waals surface area contributed by atoms with E-state index in [0.717, 1.165) is 0 Å². The summed E-state index contributed by atoms with van der Waals surface area (Å²) >= 11 is 0. The molecule has 4 N–H and O–H groups in total. The highest BCUT2D eigenvalue weighted by atomic mass is 16.4. The molecule has 6 nitrogen and oxygen atoms in total. The molecule has 1 aromatic rings. The molecule has 0 aliphatic carbocycles. The summed E-state index contributed by atoms with van der Waals surface area (Å²) < 4.78 is 0. The largest absolute Gasteiger partial charge is 0.481 e. The van der Waals surface area contributed by atoms with Crippen LogP contribution >= 0.6 is 0 Å². The maximum Gasteiger partial charge on any atom is 0.321 e. The van der Waals surface area contributed by atoms with E-state index < -0.39 is 11.9 Å². The van der Waals surface area contributed by atoms with E-state index in [2.05, 4.69) is 5.32 Å². The first-order chi connectivity index (χ1) is 9.06. The number of nitrogens with two attached hydrogens (primary N) is 1. The Morgan fingerprint density at radius 3 is 2.58 bits per heavy atom. The second kappa shape index (κ2) is 5.71. The number of nitrogens with one attached hydrogen (secondary N) is 1. The number of carboxylic acid groups (broad SMARTS) is 1. The Hall–Kier alpha value is -2.08. The highest BCUT2D eigenvalue weighted by molar-refractivity contribution is 5.89. The molecule has 2 rings (SSSR count). The van der Waals surface area contributed by atoms with Crippen LogP contribution in [-0.4, -0.2) is 41.1 Å². The Morgan fingerprint density at radius 1 is 1.26 bits per heavy atom. The van der Waals surface area contributed by atoms with Gasteiger partial charge in [-0.1, -0.05) is 18.2 Å². The number of nitrogens with zero attached hydrogens (tertiary/aromatic N) is 1. The van der Waals surface area contributed by atoms with Crippen LogP contribution in [-0.2, 0) is 4.79 Å². The number of para-hydroxylation sites is 1. The second-order valence-electron chi connectivity index (χ2n) is 4.73. The van der Waals surface area contributed by atoms with Gasteiger partial charge in [0, 0.05) is 24.8 Å². The van der Waals surface area contributed by atoms with Crippen molar-refractivity contribution in [3.63, 3.8) is 0 Å². The normalized spacial score (nSPS) is 22.9. The summed E-state index contributed by atoms with van der Waals surface area (Å²) in [7, 11) is 0. The van der Waals surface area contributed by atoms with E-state index >= 15 is 0 Å². The van der Waals surface area contributed by atoms with Gasteiger partial charge in [-0.25, -0.2) is 4.79 Å². The second-order valence-corrected chi connectivity index (χ2v) is 4.73. The average Bonchev–Trinajstić information content (AvgIpc) is 2.39. The van der Waals surface area contributed by atoms with Crippen molar-refractivity contribution in [1.29, 1.82) is 0 Å². The third-order valence-corrected chi connectivity index (χ3v) is 3.14. The summed E-state index contributed by atoms with van der Waals surface area (Å²) in [6, 6.07) is 8.43. The predicted octanol–water partition coefficient (Wildman–Crippen LogP) is 0.952. The minimum atomic E-state index is -0.910. The minimum Gasteiger partial charge on any atom is -0.481 e. The summed E-state index contributed by atoms with van der Waals surface area (Å²) in [5.41, 5.74) is 6.48. The maximum absolute atomic E-state index is 12.0.